The van der Waals surface area contributed by atoms with Crippen molar-refractivity contribution in [3.05, 3.63) is 144 Å². The third-order valence-electron chi connectivity index (χ3n) is 16.2. The third-order valence-corrected chi connectivity index (χ3v) is 29.6. The Morgan fingerprint density at radius 3 is 1.16 bits per heavy atom. The first-order valence-corrected chi connectivity index (χ1v) is 38.8. The molecule has 0 bridgehead atoms. The Kier molecular flexibility index (Phi) is 14.7. The first kappa shape index (κ1) is 49.5. The molecule has 0 heterocycles. The summed E-state index contributed by atoms with van der Waals surface area (Å²) in [6.45, 7) is 29.5. The molecule has 0 radical (unpaired) electrons. The maximum atomic E-state index is 4.24. The van der Waals surface area contributed by atoms with Gasteiger partial charge in [0, 0.05) is 32.7 Å². The SMILES string of the molecule is CC[Si](CC)(CC)CCc1c2ccc3ccccc3c2c(CC[Si](CC)(CC)CC)c2c(C#C[Si](C)(C)C)c3c(-c4ccccc4)c4ccccc4c(-c4ccccc4)c3c(C#C[Si](C)(C)C)c12. The summed E-state index contributed by atoms with van der Waals surface area (Å²) in [5.74, 6) is 8.47. The van der Waals surface area contributed by atoms with Gasteiger partial charge in [-0.05, 0) is 78.5 Å². The molecule has 0 atom stereocenters. The van der Waals surface area contributed by atoms with E-state index in [0.717, 1.165) is 12.8 Å². The topological polar surface area (TPSA) is 0 Å². The summed E-state index contributed by atoms with van der Waals surface area (Å²) in [5, 5.41) is 13.5. The van der Waals surface area contributed by atoms with Crippen LogP contribution in [0.4, 0.5) is 0 Å². The van der Waals surface area contributed by atoms with Crippen molar-refractivity contribution in [3.8, 4) is 45.2 Å². The standard InChI is InChI=1S/C64H76Si4/c1-13-67(14-2,15-3)45-41-54-53-38-37-47-29-25-26-34-50(47)60(53)55(42-46-68(16-4,17-5)18-6)62-57(40-44-66(10,11)12)64-59(49-32-23-20-24-33-49)52-36-28-27-35-51(52)58(48-30-21-19-22-31-48)63(64)56(61(54)62)39-43-65(7,8)9/h19-38H,13-18,41-42,45-46H2,1-12H3. The Bertz CT molecular complexity index is 3250. The fourth-order valence-corrected chi connectivity index (χ4v) is 19.2. The van der Waals surface area contributed by atoms with E-state index in [4.69, 9.17) is 0 Å². The van der Waals surface area contributed by atoms with Crippen molar-refractivity contribution in [2.45, 2.75) is 142 Å². The summed E-state index contributed by atoms with van der Waals surface area (Å²) in [6.07, 6.45) is 2.10. The maximum absolute atomic E-state index is 4.24. The van der Waals surface area contributed by atoms with Crippen LogP contribution in [0.5, 0.6) is 0 Å². The Balaban J connectivity index is 1.81. The molecule has 0 N–H and O–H groups in total. The van der Waals surface area contributed by atoms with Gasteiger partial charge >= 0.3 is 0 Å². The van der Waals surface area contributed by atoms with E-state index in [0.29, 0.717) is 0 Å². The molecule has 348 valence electrons. The number of aryl methyl sites for hydroxylation is 2. The fraction of sp³-hybridized carbons (Fsp3) is 0.344. The highest BCUT2D eigenvalue weighted by Gasteiger charge is 2.33. The summed E-state index contributed by atoms with van der Waals surface area (Å²) >= 11 is 0. The van der Waals surface area contributed by atoms with E-state index in [1.165, 1.54) is 147 Å². The second kappa shape index (κ2) is 20.2. The lowest BCUT2D eigenvalue weighted by Gasteiger charge is -2.31. The van der Waals surface area contributed by atoms with Crippen LogP contribution in [-0.4, -0.2) is 32.3 Å². The van der Waals surface area contributed by atoms with Crippen LogP contribution in [0.15, 0.2) is 121 Å². The maximum Gasteiger partial charge on any atom is 0.129 e. The van der Waals surface area contributed by atoms with Gasteiger partial charge in [0.15, 0.2) is 0 Å². The number of rotatable bonds is 14. The van der Waals surface area contributed by atoms with E-state index >= 15 is 0 Å². The van der Waals surface area contributed by atoms with E-state index in [1.54, 1.807) is 0 Å². The molecule has 0 aromatic heterocycles. The van der Waals surface area contributed by atoms with E-state index < -0.39 is 32.3 Å². The molecule has 0 unspecified atom stereocenters. The number of fused-ring (bicyclic) bond motifs is 6. The van der Waals surface area contributed by atoms with Gasteiger partial charge in [-0.15, -0.1) is 11.1 Å². The Labute approximate surface area is 414 Å². The number of benzene rings is 8. The quantitative estimate of drug-likeness (QED) is 0.0441. The highest BCUT2D eigenvalue weighted by molar-refractivity contribution is 6.84. The summed E-state index contributed by atoms with van der Waals surface area (Å²) in [7, 11) is -6.98. The number of hydrogen-bond donors (Lipinski definition) is 0. The fourth-order valence-electron chi connectivity index (χ4n) is 11.6. The van der Waals surface area contributed by atoms with Crippen LogP contribution in [0.25, 0.3) is 76.1 Å². The van der Waals surface area contributed by atoms with Gasteiger partial charge in [0.1, 0.15) is 16.1 Å². The minimum Gasteiger partial charge on any atom is -0.127 e. The Hall–Kier alpha value is -4.95. The minimum absolute atomic E-state index is 1.05. The zero-order valence-electron chi connectivity index (χ0n) is 43.6. The molecule has 8 aromatic carbocycles. The van der Waals surface area contributed by atoms with Crippen LogP contribution in [0.2, 0.25) is 87.6 Å². The third kappa shape index (κ3) is 9.52. The van der Waals surface area contributed by atoms with Crippen molar-refractivity contribution < 1.29 is 0 Å². The summed E-state index contributed by atoms with van der Waals surface area (Å²) in [6, 6.07) is 56.5. The molecule has 0 fully saturated rings. The van der Waals surface area contributed by atoms with Crippen molar-refractivity contribution in [2.24, 2.45) is 0 Å². The molecule has 68 heavy (non-hydrogen) atoms. The van der Waals surface area contributed by atoms with Crippen molar-refractivity contribution in [1.29, 1.82) is 0 Å². The molecule has 0 amide bonds. The normalized spacial score (nSPS) is 12.5. The van der Waals surface area contributed by atoms with Gasteiger partial charge in [-0.25, -0.2) is 0 Å². The first-order chi connectivity index (χ1) is 32.7. The molecule has 8 aromatic rings. The second-order valence-corrected chi connectivity index (χ2v) is 42.8. The van der Waals surface area contributed by atoms with Gasteiger partial charge < -0.3 is 0 Å². The lowest BCUT2D eigenvalue weighted by atomic mass is 9.77. The van der Waals surface area contributed by atoms with Crippen LogP contribution in [0.1, 0.15) is 63.8 Å². The lowest BCUT2D eigenvalue weighted by Crippen LogP contribution is -2.32. The van der Waals surface area contributed by atoms with Crippen molar-refractivity contribution in [2.75, 3.05) is 0 Å². The molecule has 0 saturated carbocycles. The highest BCUT2D eigenvalue weighted by atomic mass is 28.3. The molecule has 0 saturated heterocycles. The molecule has 8 rings (SSSR count). The average molecular weight is 958 g/mol. The van der Waals surface area contributed by atoms with Gasteiger partial charge in [0.2, 0.25) is 0 Å². The Morgan fingerprint density at radius 1 is 0.353 bits per heavy atom. The second-order valence-electron chi connectivity index (χ2n) is 22.1. The van der Waals surface area contributed by atoms with Crippen LogP contribution in [0, 0.1) is 22.9 Å². The van der Waals surface area contributed by atoms with Crippen molar-refractivity contribution in [1.82, 2.24) is 0 Å². The molecule has 0 spiro atoms. The van der Waals surface area contributed by atoms with E-state index in [-0.39, 0.29) is 0 Å². The van der Waals surface area contributed by atoms with Gasteiger partial charge in [-0.1, -0.05) is 262 Å². The molecule has 0 aliphatic carbocycles. The van der Waals surface area contributed by atoms with Crippen molar-refractivity contribution >= 4 is 86.2 Å². The molecule has 0 aliphatic rings. The summed E-state index contributed by atoms with van der Waals surface area (Å²) in [4.78, 5) is 0. The zero-order valence-corrected chi connectivity index (χ0v) is 47.6. The molecule has 0 nitrogen and oxygen atoms in total. The van der Waals surface area contributed by atoms with E-state index in [9.17, 15) is 0 Å². The van der Waals surface area contributed by atoms with E-state index in [1.807, 2.05) is 0 Å². The predicted octanol–water partition coefficient (Wildman–Crippen LogP) is 19.3. The van der Waals surface area contributed by atoms with Gasteiger partial charge in [0.25, 0.3) is 0 Å². The summed E-state index contributed by atoms with van der Waals surface area (Å²) < 4.78 is 0. The van der Waals surface area contributed by atoms with Crippen LogP contribution in [0.3, 0.4) is 0 Å². The molecular weight excluding hydrogens is 881 g/mol. The van der Waals surface area contributed by atoms with Crippen LogP contribution in [-0.2, 0) is 12.8 Å². The number of hydrogen-bond acceptors (Lipinski definition) is 0. The molecular formula is C64H76Si4. The van der Waals surface area contributed by atoms with Gasteiger partial charge in [-0.2, -0.15) is 0 Å². The predicted molar refractivity (Wildman–Crippen MR) is 317 cm³/mol. The summed E-state index contributed by atoms with van der Waals surface area (Å²) in [5.41, 5.74) is 18.7. The Morgan fingerprint density at radius 2 is 0.735 bits per heavy atom. The minimum atomic E-state index is -1.92. The molecule has 0 aliphatic heterocycles. The zero-order chi connectivity index (χ0) is 48.4. The highest BCUT2D eigenvalue weighted by Crippen LogP contribution is 2.52. The van der Waals surface area contributed by atoms with Crippen molar-refractivity contribution in [3.63, 3.8) is 0 Å². The first-order valence-electron chi connectivity index (χ1n) is 26.2. The largest absolute Gasteiger partial charge is 0.129 e. The van der Waals surface area contributed by atoms with E-state index in [2.05, 4.69) is 225 Å². The lowest BCUT2D eigenvalue weighted by molar-refractivity contribution is 1.03. The average Bonchev–Trinajstić information content (AvgIpc) is 3.35. The van der Waals surface area contributed by atoms with Gasteiger partial charge in [-0.3, -0.25) is 0 Å². The smallest absolute Gasteiger partial charge is 0.127 e. The monoisotopic (exact) mass is 957 g/mol. The van der Waals surface area contributed by atoms with Crippen LogP contribution < -0.4 is 0 Å². The van der Waals surface area contributed by atoms with Crippen LogP contribution >= 0.6 is 0 Å². The van der Waals surface area contributed by atoms with Gasteiger partial charge in [0.05, 0.1) is 16.1 Å². The molecule has 4 heteroatoms.